The van der Waals surface area contributed by atoms with E-state index in [1.165, 1.54) is 0 Å². The summed E-state index contributed by atoms with van der Waals surface area (Å²) in [7, 11) is 0. The Balaban J connectivity index is 2.07. The summed E-state index contributed by atoms with van der Waals surface area (Å²) in [5, 5.41) is 8.52. The van der Waals surface area contributed by atoms with Gasteiger partial charge in [0.15, 0.2) is 0 Å². The highest BCUT2D eigenvalue weighted by molar-refractivity contribution is 4.79. The molecule has 0 radical (unpaired) electrons. The van der Waals surface area contributed by atoms with Gasteiger partial charge in [-0.05, 0) is 18.9 Å². The molecule has 1 heterocycles. The van der Waals surface area contributed by atoms with E-state index < -0.39 is 0 Å². The summed E-state index contributed by atoms with van der Waals surface area (Å²) in [6.45, 7) is 6.58. The summed E-state index contributed by atoms with van der Waals surface area (Å²) >= 11 is 0. The van der Waals surface area contributed by atoms with Crippen molar-refractivity contribution in [2.75, 3.05) is 39.5 Å². The van der Waals surface area contributed by atoms with Crippen molar-refractivity contribution in [1.82, 2.24) is 4.90 Å². The van der Waals surface area contributed by atoms with Crippen LogP contribution in [-0.4, -0.2) is 55.5 Å². The molecule has 4 nitrogen and oxygen atoms in total. The average molecular weight is 202 g/mol. The van der Waals surface area contributed by atoms with Crippen LogP contribution in [-0.2, 0) is 4.74 Å². The molecule has 84 valence electrons. The standard InChI is InChI=1S/C10H22N2O2/c1-9-8-12(3-2-10(9)11)4-6-14-7-5-13/h9-10,13H,2-8,11H2,1H3. The van der Waals surface area contributed by atoms with E-state index in [1.807, 2.05) is 0 Å². The predicted octanol–water partition coefficient (Wildman–Crippen LogP) is -0.336. The molecule has 0 aromatic rings. The second-order valence-electron chi connectivity index (χ2n) is 4.07. The van der Waals surface area contributed by atoms with Crippen LogP contribution in [0.15, 0.2) is 0 Å². The first kappa shape index (κ1) is 11.9. The van der Waals surface area contributed by atoms with Crippen LogP contribution in [0.4, 0.5) is 0 Å². The van der Waals surface area contributed by atoms with Gasteiger partial charge in [-0.1, -0.05) is 6.92 Å². The van der Waals surface area contributed by atoms with E-state index in [4.69, 9.17) is 15.6 Å². The molecule has 0 aliphatic carbocycles. The third-order valence-electron chi connectivity index (χ3n) is 2.84. The molecule has 0 spiro atoms. The van der Waals surface area contributed by atoms with Crippen molar-refractivity contribution in [3.05, 3.63) is 0 Å². The second-order valence-corrected chi connectivity index (χ2v) is 4.07. The van der Waals surface area contributed by atoms with Crippen LogP contribution >= 0.6 is 0 Å². The first-order valence-corrected chi connectivity index (χ1v) is 5.40. The van der Waals surface area contributed by atoms with Gasteiger partial charge < -0.3 is 20.5 Å². The molecule has 0 amide bonds. The number of rotatable bonds is 5. The van der Waals surface area contributed by atoms with Gasteiger partial charge in [0.25, 0.3) is 0 Å². The van der Waals surface area contributed by atoms with Crippen molar-refractivity contribution in [2.24, 2.45) is 11.7 Å². The third kappa shape index (κ3) is 3.92. The summed E-state index contributed by atoms with van der Waals surface area (Å²) in [5.74, 6) is 0.585. The minimum absolute atomic E-state index is 0.112. The van der Waals surface area contributed by atoms with Crippen molar-refractivity contribution in [3.8, 4) is 0 Å². The average Bonchev–Trinajstić information content (AvgIpc) is 2.18. The molecule has 14 heavy (non-hydrogen) atoms. The van der Waals surface area contributed by atoms with Gasteiger partial charge in [0, 0.05) is 19.1 Å². The molecule has 1 saturated heterocycles. The fraction of sp³-hybridized carbons (Fsp3) is 1.00. The number of hydrogen-bond donors (Lipinski definition) is 2. The number of aliphatic hydroxyl groups is 1. The van der Waals surface area contributed by atoms with Gasteiger partial charge in [-0.15, -0.1) is 0 Å². The third-order valence-corrected chi connectivity index (χ3v) is 2.84. The summed E-state index contributed by atoms with van der Waals surface area (Å²) in [6, 6.07) is 0.365. The number of ether oxygens (including phenoxy) is 1. The number of nitrogens with zero attached hydrogens (tertiary/aromatic N) is 1. The Morgan fingerprint density at radius 2 is 2.29 bits per heavy atom. The molecule has 1 aliphatic rings. The molecule has 4 heteroatoms. The van der Waals surface area contributed by atoms with Gasteiger partial charge in [0.2, 0.25) is 0 Å². The zero-order chi connectivity index (χ0) is 10.4. The Labute approximate surface area is 86.0 Å². The van der Waals surface area contributed by atoms with E-state index >= 15 is 0 Å². The topological polar surface area (TPSA) is 58.7 Å². The largest absolute Gasteiger partial charge is 0.394 e. The summed E-state index contributed by atoms with van der Waals surface area (Å²) in [5.41, 5.74) is 5.93. The lowest BCUT2D eigenvalue weighted by Gasteiger charge is -2.34. The monoisotopic (exact) mass is 202 g/mol. The van der Waals surface area contributed by atoms with E-state index in [0.717, 1.165) is 26.1 Å². The molecule has 0 saturated carbocycles. The Morgan fingerprint density at radius 1 is 1.50 bits per heavy atom. The molecule has 0 aromatic carbocycles. The summed E-state index contributed by atoms with van der Waals surface area (Å²) < 4.78 is 5.22. The van der Waals surface area contributed by atoms with Crippen molar-refractivity contribution < 1.29 is 9.84 Å². The van der Waals surface area contributed by atoms with Crippen molar-refractivity contribution in [1.29, 1.82) is 0 Å². The van der Waals surface area contributed by atoms with Gasteiger partial charge in [0.05, 0.1) is 19.8 Å². The predicted molar refractivity (Wildman–Crippen MR) is 56.1 cm³/mol. The van der Waals surface area contributed by atoms with Crippen LogP contribution in [0.2, 0.25) is 0 Å². The Morgan fingerprint density at radius 3 is 2.93 bits per heavy atom. The minimum Gasteiger partial charge on any atom is -0.394 e. The fourth-order valence-corrected chi connectivity index (χ4v) is 1.81. The number of nitrogens with two attached hydrogens (primary N) is 1. The quantitative estimate of drug-likeness (QED) is 0.599. The fourth-order valence-electron chi connectivity index (χ4n) is 1.81. The summed E-state index contributed by atoms with van der Waals surface area (Å²) in [6.07, 6.45) is 1.08. The zero-order valence-electron chi connectivity index (χ0n) is 8.98. The molecular weight excluding hydrogens is 180 g/mol. The number of piperidine rings is 1. The van der Waals surface area contributed by atoms with E-state index in [2.05, 4.69) is 11.8 Å². The highest BCUT2D eigenvalue weighted by Crippen LogP contribution is 2.14. The van der Waals surface area contributed by atoms with E-state index in [0.29, 0.717) is 25.2 Å². The number of aliphatic hydroxyl groups excluding tert-OH is 1. The van der Waals surface area contributed by atoms with Crippen LogP contribution < -0.4 is 5.73 Å². The lowest BCUT2D eigenvalue weighted by atomic mass is 9.95. The molecule has 1 aliphatic heterocycles. The van der Waals surface area contributed by atoms with E-state index in [1.54, 1.807) is 0 Å². The zero-order valence-corrected chi connectivity index (χ0v) is 8.98. The lowest BCUT2D eigenvalue weighted by Crippen LogP contribution is -2.46. The number of likely N-dealkylation sites (tertiary alicyclic amines) is 1. The maximum atomic E-state index is 8.52. The Hall–Kier alpha value is -0.160. The van der Waals surface area contributed by atoms with Crippen LogP contribution in [0.1, 0.15) is 13.3 Å². The molecule has 2 unspecified atom stereocenters. The lowest BCUT2D eigenvalue weighted by molar-refractivity contribution is 0.0612. The first-order chi connectivity index (χ1) is 6.74. The molecular formula is C10H22N2O2. The van der Waals surface area contributed by atoms with Gasteiger partial charge in [0.1, 0.15) is 0 Å². The van der Waals surface area contributed by atoms with Gasteiger partial charge in [-0.3, -0.25) is 0 Å². The highest BCUT2D eigenvalue weighted by Gasteiger charge is 2.22. The minimum atomic E-state index is 0.112. The Bertz CT molecular complexity index is 155. The van der Waals surface area contributed by atoms with Crippen LogP contribution in [0.5, 0.6) is 0 Å². The molecule has 0 aromatic heterocycles. The van der Waals surface area contributed by atoms with Crippen LogP contribution in [0.25, 0.3) is 0 Å². The van der Waals surface area contributed by atoms with E-state index in [-0.39, 0.29) is 6.61 Å². The van der Waals surface area contributed by atoms with Crippen molar-refractivity contribution in [3.63, 3.8) is 0 Å². The molecule has 1 rings (SSSR count). The first-order valence-electron chi connectivity index (χ1n) is 5.40. The SMILES string of the molecule is CC1CN(CCOCCO)CCC1N. The highest BCUT2D eigenvalue weighted by atomic mass is 16.5. The van der Waals surface area contributed by atoms with Crippen molar-refractivity contribution in [2.45, 2.75) is 19.4 Å². The van der Waals surface area contributed by atoms with Crippen molar-refractivity contribution >= 4 is 0 Å². The second kappa shape index (κ2) is 6.35. The van der Waals surface area contributed by atoms with Gasteiger partial charge >= 0.3 is 0 Å². The summed E-state index contributed by atoms with van der Waals surface area (Å²) in [4.78, 5) is 2.38. The van der Waals surface area contributed by atoms with Crippen LogP contribution in [0.3, 0.4) is 0 Å². The smallest absolute Gasteiger partial charge is 0.0698 e. The maximum absolute atomic E-state index is 8.52. The molecule has 0 bridgehead atoms. The van der Waals surface area contributed by atoms with E-state index in [9.17, 15) is 0 Å². The van der Waals surface area contributed by atoms with Crippen LogP contribution in [0, 0.1) is 5.92 Å². The van der Waals surface area contributed by atoms with Gasteiger partial charge in [-0.2, -0.15) is 0 Å². The normalized spacial score (nSPS) is 29.4. The van der Waals surface area contributed by atoms with Gasteiger partial charge in [-0.25, -0.2) is 0 Å². The number of hydrogen-bond acceptors (Lipinski definition) is 4. The molecule has 3 N–H and O–H groups in total. The Kier molecular flexibility index (Phi) is 5.40. The molecule has 1 fully saturated rings. The maximum Gasteiger partial charge on any atom is 0.0698 e. The molecule has 2 atom stereocenters.